The molecular formula is C19H21N5O3S. The largest absolute Gasteiger partial charge is 0.478 e. The number of aromatic nitrogens is 3. The van der Waals surface area contributed by atoms with Crippen molar-refractivity contribution in [3.8, 4) is 17.1 Å². The third kappa shape index (κ3) is 4.04. The topological polar surface area (TPSA) is 97.3 Å². The summed E-state index contributed by atoms with van der Waals surface area (Å²) in [7, 11) is 1.31. The van der Waals surface area contributed by atoms with Crippen molar-refractivity contribution < 1.29 is 13.2 Å². The maximum atomic E-state index is 13.0. The standard InChI is InChI=1S/C19H21N5O3S/c1-13-12-21-18(19(22-13)27-4)23-28(25,26)16-6-5-11-20-17(16)14-7-9-15(10-8-14)24(2)3/h5-12H,1-4H3,(H,21,23). The molecule has 0 aliphatic rings. The molecule has 3 rings (SSSR count). The molecule has 0 aliphatic carbocycles. The lowest BCUT2D eigenvalue weighted by Crippen LogP contribution is -2.16. The lowest BCUT2D eigenvalue weighted by molar-refractivity contribution is 0.397. The van der Waals surface area contributed by atoms with Crippen LogP contribution in [0, 0.1) is 6.92 Å². The van der Waals surface area contributed by atoms with Crippen molar-refractivity contribution in [2.45, 2.75) is 11.8 Å². The van der Waals surface area contributed by atoms with Crippen molar-refractivity contribution in [3.63, 3.8) is 0 Å². The number of hydrogen-bond acceptors (Lipinski definition) is 7. The first-order valence-corrected chi connectivity index (χ1v) is 9.93. The Balaban J connectivity index is 2.02. The lowest BCUT2D eigenvalue weighted by Gasteiger charge is -2.15. The number of aryl methyl sites for hydroxylation is 1. The fourth-order valence-corrected chi connectivity index (χ4v) is 3.78. The minimum atomic E-state index is -3.97. The predicted molar refractivity (Wildman–Crippen MR) is 108 cm³/mol. The van der Waals surface area contributed by atoms with Crippen molar-refractivity contribution in [1.29, 1.82) is 0 Å². The number of methoxy groups -OCH3 is 1. The maximum absolute atomic E-state index is 13.0. The van der Waals surface area contributed by atoms with Gasteiger partial charge in [-0.2, -0.15) is 0 Å². The van der Waals surface area contributed by atoms with E-state index in [9.17, 15) is 8.42 Å². The summed E-state index contributed by atoms with van der Waals surface area (Å²) in [5.74, 6) is 0.121. The van der Waals surface area contributed by atoms with Crippen LogP contribution in [0.3, 0.4) is 0 Å². The molecule has 0 bridgehead atoms. The van der Waals surface area contributed by atoms with Crippen LogP contribution < -0.4 is 14.4 Å². The lowest BCUT2D eigenvalue weighted by atomic mass is 10.1. The van der Waals surface area contributed by atoms with Gasteiger partial charge in [-0.1, -0.05) is 12.1 Å². The fourth-order valence-electron chi connectivity index (χ4n) is 2.59. The van der Waals surface area contributed by atoms with E-state index in [1.54, 1.807) is 19.2 Å². The van der Waals surface area contributed by atoms with Gasteiger partial charge in [0.25, 0.3) is 15.9 Å². The molecule has 0 unspecified atom stereocenters. The number of rotatable bonds is 6. The van der Waals surface area contributed by atoms with Gasteiger partial charge in [0.15, 0.2) is 0 Å². The number of benzene rings is 1. The van der Waals surface area contributed by atoms with Crippen molar-refractivity contribution in [2.24, 2.45) is 0 Å². The minimum absolute atomic E-state index is 0.0193. The second kappa shape index (κ2) is 7.81. The summed E-state index contributed by atoms with van der Waals surface area (Å²) in [6.45, 7) is 1.74. The van der Waals surface area contributed by atoms with E-state index in [0.717, 1.165) is 5.69 Å². The van der Waals surface area contributed by atoms with Crippen molar-refractivity contribution in [3.05, 3.63) is 54.5 Å². The van der Waals surface area contributed by atoms with Crippen molar-refractivity contribution in [2.75, 3.05) is 30.8 Å². The van der Waals surface area contributed by atoms with E-state index in [1.807, 2.05) is 43.3 Å². The third-order valence-corrected chi connectivity index (χ3v) is 5.37. The third-order valence-electron chi connectivity index (χ3n) is 4.00. The summed E-state index contributed by atoms with van der Waals surface area (Å²) >= 11 is 0. The molecule has 0 aliphatic heterocycles. The Morgan fingerprint density at radius 3 is 2.43 bits per heavy atom. The summed E-state index contributed by atoms with van der Waals surface area (Å²) in [6.07, 6.45) is 3.02. The molecule has 1 N–H and O–H groups in total. The Bertz CT molecular complexity index is 1080. The molecule has 0 saturated heterocycles. The Morgan fingerprint density at radius 1 is 1.07 bits per heavy atom. The number of nitrogens with one attached hydrogen (secondary N) is 1. The molecule has 8 nitrogen and oxygen atoms in total. The van der Waals surface area contributed by atoms with E-state index >= 15 is 0 Å². The van der Waals surface area contributed by atoms with Gasteiger partial charge in [-0.3, -0.25) is 9.71 Å². The van der Waals surface area contributed by atoms with Gasteiger partial charge in [-0.15, -0.1) is 0 Å². The second-order valence-electron chi connectivity index (χ2n) is 6.27. The molecule has 3 aromatic rings. The van der Waals surface area contributed by atoms with Crippen molar-refractivity contribution >= 4 is 21.5 Å². The van der Waals surface area contributed by atoms with Crippen LogP contribution in [0.4, 0.5) is 11.5 Å². The molecule has 0 atom stereocenters. The van der Waals surface area contributed by atoms with Crippen LogP contribution in [-0.4, -0.2) is 44.6 Å². The Hall–Kier alpha value is -3.20. The molecule has 0 spiro atoms. The Kier molecular flexibility index (Phi) is 5.46. The molecule has 2 aromatic heterocycles. The van der Waals surface area contributed by atoms with Crippen LogP contribution in [0.5, 0.6) is 5.88 Å². The summed E-state index contributed by atoms with van der Waals surface area (Å²) < 4.78 is 33.7. The number of hydrogen-bond donors (Lipinski definition) is 1. The van der Waals surface area contributed by atoms with Gasteiger partial charge in [0, 0.05) is 31.5 Å². The molecule has 0 saturated carbocycles. The van der Waals surface area contributed by atoms with Crippen LogP contribution >= 0.6 is 0 Å². The second-order valence-corrected chi connectivity index (χ2v) is 7.92. The number of sulfonamides is 1. The first-order chi connectivity index (χ1) is 13.3. The van der Waals surface area contributed by atoms with Gasteiger partial charge in [-0.05, 0) is 31.2 Å². The van der Waals surface area contributed by atoms with E-state index in [0.29, 0.717) is 17.0 Å². The minimum Gasteiger partial charge on any atom is -0.478 e. The first kappa shape index (κ1) is 19.6. The molecule has 1 aromatic carbocycles. The highest BCUT2D eigenvalue weighted by Crippen LogP contribution is 2.29. The number of ether oxygens (including phenoxy) is 1. The van der Waals surface area contributed by atoms with Crippen LogP contribution in [-0.2, 0) is 10.0 Å². The molecule has 9 heteroatoms. The fraction of sp³-hybridized carbons (Fsp3) is 0.211. The molecule has 0 radical (unpaired) electrons. The van der Waals surface area contributed by atoms with Gasteiger partial charge in [-0.25, -0.2) is 18.4 Å². The van der Waals surface area contributed by atoms with Gasteiger partial charge in [0.2, 0.25) is 5.82 Å². The van der Waals surface area contributed by atoms with Crippen LogP contribution in [0.1, 0.15) is 5.69 Å². The van der Waals surface area contributed by atoms with E-state index in [2.05, 4.69) is 19.7 Å². The SMILES string of the molecule is COc1nc(C)cnc1NS(=O)(=O)c1cccnc1-c1ccc(N(C)C)cc1. The summed E-state index contributed by atoms with van der Waals surface area (Å²) in [5, 5.41) is 0. The van der Waals surface area contributed by atoms with E-state index < -0.39 is 10.0 Å². The molecule has 0 amide bonds. The monoisotopic (exact) mass is 399 g/mol. The highest BCUT2D eigenvalue weighted by Gasteiger charge is 2.23. The van der Waals surface area contributed by atoms with E-state index in [-0.39, 0.29) is 16.6 Å². The van der Waals surface area contributed by atoms with Crippen molar-refractivity contribution in [1.82, 2.24) is 15.0 Å². The quantitative estimate of drug-likeness (QED) is 0.680. The molecule has 0 fully saturated rings. The summed E-state index contributed by atoms with van der Waals surface area (Å²) in [4.78, 5) is 14.5. The zero-order valence-electron chi connectivity index (χ0n) is 16.0. The van der Waals surface area contributed by atoms with Gasteiger partial charge in [0.1, 0.15) is 4.90 Å². The van der Waals surface area contributed by atoms with E-state index in [1.165, 1.54) is 19.4 Å². The van der Waals surface area contributed by atoms with Gasteiger partial charge < -0.3 is 9.64 Å². The van der Waals surface area contributed by atoms with E-state index in [4.69, 9.17) is 4.74 Å². The zero-order chi connectivity index (χ0) is 20.3. The average molecular weight is 399 g/mol. The molecule has 28 heavy (non-hydrogen) atoms. The summed E-state index contributed by atoms with van der Waals surface area (Å²) in [6, 6.07) is 10.6. The molecule has 146 valence electrons. The smallest absolute Gasteiger partial charge is 0.265 e. The number of pyridine rings is 1. The first-order valence-electron chi connectivity index (χ1n) is 8.45. The van der Waals surface area contributed by atoms with Gasteiger partial charge >= 0.3 is 0 Å². The van der Waals surface area contributed by atoms with Crippen LogP contribution in [0.15, 0.2) is 53.7 Å². The highest BCUT2D eigenvalue weighted by atomic mass is 32.2. The van der Waals surface area contributed by atoms with Crippen LogP contribution in [0.25, 0.3) is 11.3 Å². The highest BCUT2D eigenvalue weighted by molar-refractivity contribution is 7.92. The maximum Gasteiger partial charge on any atom is 0.265 e. The average Bonchev–Trinajstić information content (AvgIpc) is 2.69. The normalized spacial score (nSPS) is 11.1. The number of anilines is 2. The summed E-state index contributed by atoms with van der Waals surface area (Å²) in [5.41, 5.74) is 2.65. The molecule has 2 heterocycles. The Labute approximate surface area is 164 Å². The Morgan fingerprint density at radius 2 is 1.79 bits per heavy atom. The number of nitrogens with zero attached hydrogens (tertiary/aromatic N) is 4. The van der Waals surface area contributed by atoms with Gasteiger partial charge in [0.05, 0.1) is 24.7 Å². The molecular weight excluding hydrogens is 378 g/mol. The van der Waals surface area contributed by atoms with Crippen LogP contribution in [0.2, 0.25) is 0 Å². The predicted octanol–water partition coefficient (Wildman–Crippen LogP) is 2.72. The zero-order valence-corrected chi connectivity index (χ0v) is 16.9.